The zero-order chi connectivity index (χ0) is 21.6. The minimum absolute atomic E-state index is 0.0173. The minimum Gasteiger partial charge on any atom is -0.494 e. The first-order chi connectivity index (χ1) is 15.2. The van der Waals surface area contributed by atoms with Crippen molar-refractivity contribution in [1.82, 2.24) is 15.1 Å². The van der Waals surface area contributed by atoms with E-state index < -0.39 is 0 Å². The number of aromatic nitrogens is 2. The van der Waals surface area contributed by atoms with Crippen molar-refractivity contribution in [3.05, 3.63) is 64.9 Å². The molecule has 1 atom stereocenters. The molecule has 2 heterocycles. The molecule has 1 unspecified atom stereocenters. The SMILES string of the molecule is CCCCOc1ccc(C(=O)N2CCCC(c3nnc(-c4ccccc4F)s3)C2)cc1. The second-order valence-corrected chi connectivity index (χ2v) is 8.75. The van der Waals surface area contributed by atoms with Gasteiger partial charge >= 0.3 is 0 Å². The lowest BCUT2D eigenvalue weighted by Crippen LogP contribution is -2.39. The fourth-order valence-corrected chi connectivity index (χ4v) is 4.71. The highest BCUT2D eigenvalue weighted by molar-refractivity contribution is 7.14. The summed E-state index contributed by atoms with van der Waals surface area (Å²) in [7, 11) is 0. The number of amides is 1. The number of halogens is 1. The molecule has 2 aromatic carbocycles. The van der Waals surface area contributed by atoms with Crippen LogP contribution in [0.2, 0.25) is 0 Å². The lowest BCUT2D eigenvalue weighted by atomic mass is 9.98. The van der Waals surface area contributed by atoms with Crippen LogP contribution in [0.15, 0.2) is 48.5 Å². The zero-order valence-electron chi connectivity index (χ0n) is 17.6. The summed E-state index contributed by atoms with van der Waals surface area (Å²) in [5.74, 6) is 0.625. The van der Waals surface area contributed by atoms with Crippen molar-refractivity contribution >= 4 is 17.2 Å². The Balaban J connectivity index is 1.42. The van der Waals surface area contributed by atoms with Crippen LogP contribution >= 0.6 is 11.3 Å². The maximum atomic E-state index is 14.1. The van der Waals surface area contributed by atoms with Crippen LogP contribution in [0, 0.1) is 5.82 Å². The van der Waals surface area contributed by atoms with Gasteiger partial charge in [0, 0.05) is 30.1 Å². The summed E-state index contributed by atoms with van der Waals surface area (Å²) < 4.78 is 19.8. The Hall–Kier alpha value is -2.80. The normalized spacial score (nSPS) is 16.3. The van der Waals surface area contributed by atoms with Crippen molar-refractivity contribution in [2.75, 3.05) is 19.7 Å². The zero-order valence-corrected chi connectivity index (χ0v) is 18.4. The smallest absolute Gasteiger partial charge is 0.253 e. The first-order valence-corrected chi connectivity index (χ1v) is 11.6. The number of carbonyl (C=O) groups excluding carboxylic acids is 1. The monoisotopic (exact) mass is 439 g/mol. The number of hydrogen-bond acceptors (Lipinski definition) is 5. The molecule has 1 saturated heterocycles. The number of hydrogen-bond donors (Lipinski definition) is 0. The van der Waals surface area contributed by atoms with E-state index in [0.717, 1.165) is 43.0 Å². The van der Waals surface area contributed by atoms with E-state index in [0.29, 0.717) is 29.3 Å². The molecule has 31 heavy (non-hydrogen) atoms. The Morgan fingerprint density at radius 3 is 2.77 bits per heavy atom. The molecular formula is C24H26FN3O2S. The summed E-state index contributed by atoms with van der Waals surface area (Å²) >= 11 is 1.41. The van der Waals surface area contributed by atoms with E-state index in [-0.39, 0.29) is 17.6 Å². The van der Waals surface area contributed by atoms with Crippen molar-refractivity contribution < 1.29 is 13.9 Å². The van der Waals surface area contributed by atoms with Gasteiger partial charge in [0.25, 0.3) is 5.91 Å². The summed E-state index contributed by atoms with van der Waals surface area (Å²) in [6.45, 7) is 4.14. The predicted molar refractivity (Wildman–Crippen MR) is 120 cm³/mol. The van der Waals surface area contributed by atoms with E-state index in [1.54, 1.807) is 18.2 Å². The number of benzene rings is 2. The topological polar surface area (TPSA) is 55.3 Å². The molecule has 1 aromatic heterocycles. The van der Waals surface area contributed by atoms with Crippen molar-refractivity contribution in [1.29, 1.82) is 0 Å². The summed E-state index contributed by atoms with van der Waals surface area (Å²) in [5.41, 5.74) is 1.13. The highest BCUT2D eigenvalue weighted by Gasteiger charge is 2.28. The maximum Gasteiger partial charge on any atom is 0.253 e. The van der Waals surface area contributed by atoms with Gasteiger partial charge in [0.1, 0.15) is 16.6 Å². The second-order valence-electron chi connectivity index (χ2n) is 7.74. The Kier molecular flexibility index (Phi) is 6.92. The predicted octanol–water partition coefficient (Wildman–Crippen LogP) is 5.54. The van der Waals surface area contributed by atoms with Crippen LogP contribution in [0.25, 0.3) is 10.6 Å². The van der Waals surface area contributed by atoms with Crippen LogP contribution in [-0.4, -0.2) is 40.7 Å². The summed E-state index contributed by atoms with van der Waals surface area (Å²) in [6.07, 6.45) is 3.95. The van der Waals surface area contributed by atoms with Crippen LogP contribution < -0.4 is 4.74 Å². The minimum atomic E-state index is -0.298. The van der Waals surface area contributed by atoms with E-state index in [1.165, 1.54) is 17.4 Å². The Morgan fingerprint density at radius 1 is 1.19 bits per heavy atom. The molecule has 162 valence electrons. The molecule has 7 heteroatoms. The lowest BCUT2D eigenvalue weighted by Gasteiger charge is -2.31. The van der Waals surface area contributed by atoms with Gasteiger partial charge in [0.15, 0.2) is 5.01 Å². The lowest BCUT2D eigenvalue weighted by molar-refractivity contribution is 0.0707. The maximum absolute atomic E-state index is 14.1. The van der Waals surface area contributed by atoms with Crippen LogP contribution in [0.3, 0.4) is 0 Å². The first-order valence-electron chi connectivity index (χ1n) is 10.8. The van der Waals surface area contributed by atoms with Gasteiger partial charge in [-0.15, -0.1) is 10.2 Å². The van der Waals surface area contributed by atoms with Gasteiger partial charge in [-0.2, -0.15) is 0 Å². The molecule has 1 aliphatic heterocycles. The number of piperidine rings is 1. The van der Waals surface area contributed by atoms with Crippen molar-refractivity contribution in [2.45, 2.75) is 38.5 Å². The molecule has 0 aliphatic carbocycles. The van der Waals surface area contributed by atoms with Gasteiger partial charge in [-0.1, -0.05) is 36.8 Å². The number of unbranched alkanes of at least 4 members (excludes halogenated alkanes) is 1. The Morgan fingerprint density at radius 2 is 2.00 bits per heavy atom. The third kappa shape index (κ3) is 5.10. The van der Waals surface area contributed by atoms with Crippen LogP contribution in [0.4, 0.5) is 4.39 Å². The molecule has 3 aromatic rings. The van der Waals surface area contributed by atoms with Crippen LogP contribution in [0.5, 0.6) is 5.75 Å². The van der Waals surface area contributed by atoms with Gasteiger partial charge in [-0.3, -0.25) is 4.79 Å². The van der Waals surface area contributed by atoms with Gasteiger partial charge < -0.3 is 9.64 Å². The molecule has 0 saturated carbocycles. The third-order valence-corrected chi connectivity index (χ3v) is 6.59. The number of carbonyl (C=O) groups is 1. The van der Waals surface area contributed by atoms with Crippen molar-refractivity contribution in [3.63, 3.8) is 0 Å². The van der Waals surface area contributed by atoms with E-state index in [9.17, 15) is 9.18 Å². The third-order valence-electron chi connectivity index (χ3n) is 5.47. The Bertz CT molecular complexity index is 1020. The standard InChI is InChI=1S/C24H26FN3O2S/c1-2-3-15-30-19-12-10-17(11-13-19)24(29)28-14-6-7-18(16-28)22-26-27-23(31-22)20-8-4-5-9-21(20)25/h4-5,8-13,18H,2-3,6-7,14-16H2,1H3. The summed E-state index contributed by atoms with van der Waals surface area (Å²) in [5, 5.41) is 9.96. The van der Waals surface area contributed by atoms with Crippen molar-refractivity contribution in [2.24, 2.45) is 0 Å². The molecule has 0 N–H and O–H groups in total. The molecule has 1 amide bonds. The van der Waals surface area contributed by atoms with Gasteiger partial charge in [-0.25, -0.2) is 4.39 Å². The van der Waals surface area contributed by atoms with Gasteiger partial charge in [0.05, 0.1) is 6.61 Å². The fraction of sp³-hybridized carbons (Fsp3) is 0.375. The molecule has 0 bridgehead atoms. The van der Waals surface area contributed by atoms with E-state index in [1.807, 2.05) is 29.2 Å². The van der Waals surface area contributed by atoms with E-state index in [4.69, 9.17) is 4.74 Å². The highest BCUT2D eigenvalue weighted by Crippen LogP contribution is 2.34. The second kappa shape index (κ2) is 10.0. The number of rotatable bonds is 7. The summed E-state index contributed by atoms with van der Waals surface area (Å²) in [4.78, 5) is 14.9. The quantitative estimate of drug-likeness (QED) is 0.454. The first kappa shape index (κ1) is 21.4. The molecule has 4 rings (SSSR count). The van der Waals surface area contributed by atoms with E-state index in [2.05, 4.69) is 17.1 Å². The molecule has 5 nitrogen and oxygen atoms in total. The van der Waals surface area contributed by atoms with Gasteiger partial charge in [-0.05, 0) is 55.7 Å². The summed E-state index contributed by atoms with van der Waals surface area (Å²) in [6, 6.07) is 14.0. The number of ether oxygens (including phenoxy) is 1. The van der Waals surface area contributed by atoms with Crippen LogP contribution in [0.1, 0.15) is 53.9 Å². The highest BCUT2D eigenvalue weighted by atomic mass is 32.1. The number of likely N-dealkylation sites (tertiary alicyclic amines) is 1. The average molecular weight is 440 g/mol. The Labute approximate surface area is 185 Å². The van der Waals surface area contributed by atoms with Crippen molar-refractivity contribution in [3.8, 4) is 16.3 Å². The average Bonchev–Trinajstić information content (AvgIpc) is 3.30. The molecule has 0 spiro atoms. The van der Waals surface area contributed by atoms with E-state index >= 15 is 0 Å². The van der Waals surface area contributed by atoms with Crippen LogP contribution in [-0.2, 0) is 0 Å². The number of nitrogens with zero attached hydrogens (tertiary/aromatic N) is 3. The largest absolute Gasteiger partial charge is 0.494 e. The fourth-order valence-electron chi connectivity index (χ4n) is 3.72. The van der Waals surface area contributed by atoms with Gasteiger partial charge in [0.2, 0.25) is 0 Å². The molecule has 1 fully saturated rings. The molecule has 0 radical (unpaired) electrons. The molecular weight excluding hydrogens is 413 g/mol. The molecule has 1 aliphatic rings.